The van der Waals surface area contributed by atoms with E-state index in [4.69, 9.17) is 0 Å². The molecule has 0 fully saturated rings. The van der Waals surface area contributed by atoms with Gasteiger partial charge in [0.1, 0.15) is 0 Å². The van der Waals surface area contributed by atoms with Gasteiger partial charge < -0.3 is 4.57 Å². The van der Waals surface area contributed by atoms with Crippen molar-refractivity contribution in [3.63, 3.8) is 0 Å². The van der Waals surface area contributed by atoms with Gasteiger partial charge in [0.2, 0.25) is 0 Å². The van der Waals surface area contributed by atoms with E-state index >= 15 is 0 Å². The second-order valence-electron chi connectivity index (χ2n) is 6.64. The van der Waals surface area contributed by atoms with Crippen LogP contribution in [0.2, 0.25) is 0 Å². The zero-order valence-corrected chi connectivity index (χ0v) is 19.7. The van der Waals surface area contributed by atoms with Gasteiger partial charge in [-0.1, -0.05) is 93.9 Å². The van der Waals surface area contributed by atoms with Gasteiger partial charge in [0.05, 0.1) is 3.32 Å². The van der Waals surface area contributed by atoms with Gasteiger partial charge in [0.25, 0.3) is 0 Å². The molecule has 0 aliphatic heterocycles. The molecule has 1 nitrogen and oxygen atoms in total. The summed E-state index contributed by atoms with van der Waals surface area (Å²) in [6.45, 7) is 6.59. The average molecular weight is 492 g/mol. The maximum Gasteiger partial charge on any atom is 0.177 e. The third kappa shape index (κ3) is 5.23. The summed E-state index contributed by atoms with van der Waals surface area (Å²) in [5.74, 6) is 0. The molecule has 144 valence electrons. The first-order valence-electron chi connectivity index (χ1n) is 9.89. The minimum Gasteiger partial charge on any atom is -0.308 e. The normalized spacial score (nSPS) is 13.4. The van der Waals surface area contributed by atoms with Gasteiger partial charge >= 0.3 is 0 Å². The molecule has 0 atom stereocenters. The smallest absolute Gasteiger partial charge is 0.177 e. The van der Waals surface area contributed by atoms with E-state index in [1.807, 2.05) is 60.7 Å². The monoisotopic (exact) mass is 492 g/mol. The summed E-state index contributed by atoms with van der Waals surface area (Å²) in [6, 6.07) is 20.0. The standard InChI is InChI=1S/C24H30IOP/c1-4-7-19-23(20(6-3)14-5-2)24(25)27(26,21-15-10-8-11-16-21)22-17-12-9-13-18-22/h8-18H,4-7,19H2,1-3H3/b20-14+,24-23+. The van der Waals surface area contributed by atoms with E-state index in [2.05, 4.69) is 49.4 Å². The summed E-state index contributed by atoms with van der Waals surface area (Å²) in [4.78, 5) is 0. The Kier molecular flexibility index (Phi) is 9.05. The fraction of sp³-hybridized carbons (Fsp3) is 0.333. The molecule has 2 aromatic rings. The second-order valence-corrected chi connectivity index (χ2v) is 11.3. The first kappa shape index (κ1) is 22.2. The lowest BCUT2D eigenvalue weighted by Gasteiger charge is -2.23. The van der Waals surface area contributed by atoms with Crippen molar-refractivity contribution in [2.24, 2.45) is 0 Å². The summed E-state index contributed by atoms with van der Waals surface area (Å²) >= 11 is 2.38. The maximum absolute atomic E-state index is 14.7. The Hall–Kier alpha value is -1.12. The highest BCUT2D eigenvalue weighted by Gasteiger charge is 2.33. The highest BCUT2D eigenvalue weighted by atomic mass is 127. The topological polar surface area (TPSA) is 17.1 Å². The largest absolute Gasteiger partial charge is 0.308 e. The lowest BCUT2D eigenvalue weighted by Crippen LogP contribution is -2.17. The van der Waals surface area contributed by atoms with Crippen LogP contribution in [0.4, 0.5) is 0 Å². The molecule has 3 heteroatoms. The average Bonchev–Trinajstić information content (AvgIpc) is 2.73. The molecule has 0 heterocycles. The lowest BCUT2D eigenvalue weighted by molar-refractivity contribution is 0.591. The zero-order chi connectivity index (χ0) is 19.7. The number of hydrogen-bond acceptors (Lipinski definition) is 1. The van der Waals surface area contributed by atoms with Crippen molar-refractivity contribution < 1.29 is 4.57 Å². The van der Waals surface area contributed by atoms with Crippen molar-refractivity contribution in [1.29, 1.82) is 0 Å². The van der Waals surface area contributed by atoms with Gasteiger partial charge in [-0.15, -0.1) is 0 Å². The van der Waals surface area contributed by atoms with Gasteiger partial charge in [0.15, 0.2) is 7.14 Å². The van der Waals surface area contributed by atoms with E-state index in [-0.39, 0.29) is 0 Å². The van der Waals surface area contributed by atoms with E-state index < -0.39 is 7.14 Å². The molecule has 0 saturated carbocycles. The van der Waals surface area contributed by atoms with E-state index in [1.165, 1.54) is 11.1 Å². The van der Waals surface area contributed by atoms with Gasteiger partial charge in [-0.05, 0) is 59.4 Å². The van der Waals surface area contributed by atoms with Crippen LogP contribution < -0.4 is 10.6 Å². The minimum absolute atomic E-state index is 0.918. The molecule has 27 heavy (non-hydrogen) atoms. The van der Waals surface area contributed by atoms with Crippen LogP contribution in [0.1, 0.15) is 52.9 Å². The Morgan fingerprint density at radius 1 is 0.926 bits per heavy atom. The maximum atomic E-state index is 14.7. The molecule has 0 spiro atoms. The predicted octanol–water partition coefficient (Wildman–Crippen LogP) is 7.58. The summed E-state index contributed by atoms with van der Waals surface area (Å²) in [6.07, 6.45) is 7.53. The number of allylic oxidation sites excluding steroid dienone is 3. The quantitative estimate of drug-likeness (QED) is 0.200. The van der Waals surface area contributed by atoms with Crippen LogP contribution in [0.15, 0.2) is 81.2 Å². The number of benzene rings is 2. The SMILES string of the molecule is CC/C=C(CC)/C(CCCC)=C(\I)P(=O)(c1ccccc1)c1ccccc1. The van der Waals surface area contributed by atoms with Crippen molar-refractivity contribution in [2.45, 2.75) is 52.9 Å². The summed E-state index contributed by atoms with van der Waals surface area (Å²) in [5, 5.41) is 1.84. The molecule has 0 unspecified atom stereocenters. The highest BCUT2D eigenvalue weighted by molar-refractivity contribution is 14.1. The van der Waals surface area contributed by atoms with Crippen molar-refractivity contribution in [3.8, 4) is 0 Å². The van der Waals surface area contributed by atoms with E-state index in [1.54, 1.807) is 0 Å². The molecule has 0 aromatic heterocycles. The highest BCUT2D eigenvalue weighted by Crippen LogP contribution is 2.57. The third-order valence-electron chi connectivity index (χ3n) is 4.76. The molecule has 0 bridgehead atoms. The van der Waals surface area contributed by atoms with E-state index in [0.717, 1.165) is 46.0 Å². The van der Waals surface area contributed by atoms with Crippen molar-refractivity contribution in [2.75, 3.05) is 0 Å². The van der Waals surface area contributed by atoms with Gasteiger partial charge in [-0.25, -0.2) is 0 Å². The van der Waals surface area contributed by atoms with E-state index in [9.17, 15) is 4.57 Å². The Balaban J connectivity index is 2.77. The Morgan fingerprint density at radius 3 is 1.85 bits per heavy atom. The van der Waals surface area contributed by atoms with Crippen molar-refractivity contribution in [1.82, 2.24) is 0 Å². The van der Waals surface area contributed by atoms with Gasteiger partial charge in [-0.2, -0.15) is 0 Å². The van der Waals surface area contributed by atoms with Gasteiger partial charge in [0, 0.05) is 10.6 Å². The second kappa shape index (κ2) is 11.0. The Labute approximate surface area is 178 Å². The van der Waals surface area contributed by atoms with Crippen LogP contribution in [0, 0.1) is 0 Å². The Bertz CT molecular complexity index is 778. The summed E-state index contributed by atoms with van der Waals surface area (Å²) in [5.41, 5.74) is 2.64. The molecule has 0 radical (unpaired) electrons. The lowest BCUT2D eigenvalue weighted by atomic mass is 9.99. The molecule has 0 saturated heterocycles. The number of hydrogen-bond donors (Lipinski definition) is 0. The van der Waals surface area contributed by atoms with Gasteiger partial charge in [-0.3, -0.25) is 0 Å². The Morgan fingerprint density at radius 2 is 1.44 bits per heavy atom. The first-order valence-corrected chi connectivity index (χ1v) is 12.7. The first-order chi connectivity index (χ1) is 13.1. The van der Waals surface area contributed by atoms with Crippen LogP contribution in [0.3, 0.4) is 0 Å². The fourth-order valence-corrected chi connectivity index (χ4v) is 8.18. The van der Waals surface area contributed by atoms with Crippen LogP contribution >= 0.6 is 29.7 Å². The molecular weight excluding hydrogens is 462 g/mol. The molecule has 0 aliphatic rings. The van der Waals surface area contributed by atoms with Crippen LogP contribution in [-0.4, -0.2) is 0 Å². The molecule has 2 aromatic carbocycles. The van der Waals surface area contributed by atoms with Crippen LogP contribution in [0.5, 0.6) is 0 Å². The number of rotatable bonds is 9. The van der Waals surface area contributed by atoms with Crippen LogP contribution in [0.25, 0.3) is 0 Å². The summed E-state index contributed by atoms with van der Waals surface area (Å²) < 4.78 is 15.7. The summed E-state index contributed by atoms with van der Waals surface area (Å²) in [7, 11) is -2.88. The number of unbranched alkanes of at least 4 members (excludes halogenated alkanes) is 1. The number of halogens is 1. The molecular formula is C24H30IOP. The minimum atomic E-state index is -2.88. The van der Waals surface area contributed by atoms with Crippen LogP contribution in [-0.2, 0) is 4.57 Å². The molecule has 0 amide bonds. The molecule has 0 N–H and O–H groups in total. The predicted molar refractivity (Wildman–Crippen MR) is 129 cm³/mol. The van der Waals surface area contributed by atoms with Crippen molar-refractivity contribution in [3.05, 3.63) is 81.2 Å². The molecule has 0 aliphatic carbocycles. The fourth-order valence-electron chi connectivity index (χ4n) is 3.32. The molecule has 2 rings (SSSR count). The zero-order valence-electron chi connectivity index (χ0n) is 16.6. The van der Waals surface area contributed by atoms with Crippen molar-refractivity contribution >= 4 is 40.3 Å². The third-order valence-corrected chi connectivity index (χ3v) is 10.3. The van der Waals surface area contributed by atoms with E-state index in [0.29, 0.717) is 0 Å².